The molecule has 94 valence electrons. The van der Waals surface area contributed by atoms with E-state index in [1.54, 1.807) is 18.2 Å². The van der Waals surface area contributed by atoms with Crippen LogP contribution in [0.3, 0.4) is 0 Å². The monoisotopic (exact) mass is 303 g/mol. The zero-order chi connectivity index (χ0) is 13.1. The molecule has 18 heavy (non-hydrogen) atoms. The minimum atomic E-state index is -1.19. The van der Waals surface area contributed by atoms with Crippen LogP contribution in [-0.4, -0.2) is 15.7 Å². The SMILES string of the molecule is O=C(NNc1nc(=O)c2ccccc2s1)C(Cl)Cl. The average Bonchev–Trinajstić information content (AvgIpc) is 2.36. The Bertz CT molecular complexity index is 644. The number of amides is 1. The maximum atomic E-state index is 11.7. The summed E-state index contributed by atoms with van der Waals surface area (Å²) in [5, 5.41) is 0.799. The number of carbonyl (C=O) groups excluding carboxylic acids is 1. The van der Waals surface area contributed by atoms with Crippen LogP contribution >= 0.6 is 34.5 Å². The highest BCUT2D eigenvalue weighted by atomic mass is 35.5. The van der Waals surface area contributed by atoms with Gasteiger partial charge >= 0.3 is 0 Å². The van der Waals surface area contributed by atoms with Gasteiger partial charge in [0.1, 0.15) is 0 Å². The van der Waals surface area contributed by atoms with Crippen LogP contribution in [0.25, 0.3) is 10.1 Å². The summed E-state index contributed by atoms with van der Waals surface area (Å²) in [6.45, 7) is 0. The second-order valence-corrected chi connectivity index (χ2v) is 5.36. The van der Waals surface area contributed by atoms with E-state index in [1.165, 1.54) is 11.3 Å². The summed E-state index contributed by atoms with van der Waals surface area (Å²) >= 11 is 11.9. The predicted molar refractivity (Wildman–Crippen MR) is 73.1 cm³/mol. The second-order valence-electron chi connectivity index (χ2n) is 3.24. The van der Waals surface area contributed by atoms with Crippen LogP contribution in [0, 0.1) is 0 Å². The second kappa shape index (κ2) is 5.51. The number of nitrogens with one attached hydrogen (secondary N) is 2. The molecule has 0 spiro atoms. The Balaban J connectivity index is 2.25. The van der Waals surface area contributed by atoms with Crippen molar-refractivity contribution < 1.29 is 4.79 Å². The molecule has 2 aromatic rings. The molecule has 2 N–H and O–H groups in total. The van der Waals surface area contributed by atoms with Crippen molar-refractivity contribution in [3.05, 3.63) is 34.6 Å². The highest BCUT2D eigenvalue weighted by Gasteiger charge is 2.11. The van der Waals surface area contributed by atoms with E-state index in [9.17, 15) is 9.59 Å². The molecule has 2 rings (SSSR count). The van der Waals surface area contributed by atoms with E-state index in [0.717, 1.165) is 4.70 Å². The Morgan fingerprint density at radius 1 is 1.33 bits per heavy atom. The number of benzene rings is 1. The Morgan fingerprint density at radius 2 is 2.06 bits per heavy atom. The quantitative estimate of drug-likeness (QED) is 0.671. The van der Waals surface area contributed by atoms with E-state index >= 15 is 0 Å². The standard InChI is InChI=1S/C10H7Cl2N3O2S/c11-7(12)9(17)14-15-10-13-8(16)5-3-1-2-4-6(5)18-10/h1-4,7H,(H,14,17)(H,13,15,16). The summed E-state index contributed by atoms with van der Waals surface area (Å²) in [6.07, 6.45) is 0. The molecule has 1 amide bonds. The molecule has 8 heteroatoms. The average molecular weight is 304 g/mol. The summed E-state index contributed by atoms with van der Waals surface area (Å²) in [5.74, 6) is -0.618. The molecule has 0 aliphatic heterocycles. The number of hydrogen-bond donors (Lipinski definition) is 2. The number of halogens is 2. The summed E-state index contributed by atoms with van der Waals surface area (Å²) in [6, 6.07) is 7.06. The Morgan fingerprint density at radius 3 is 2.78 bits per heavy atom. The van der Waals surface area contributed by atoms with Crippen LogP contribution < -0.4 is 16.4 Å². The summed E-state index contributed by atoms with van der Waals surface area (Å²) < 4.78 is 0.766. The van der Waals surface area contributed by atoms with Gasteiger partial charge < -0.3 is 0 Å². The molecule has 0 bridgehead atoms. The molecule has 0 unspecified atom stereocenters. The third-order valence-electron chi connectivity index (χ3n) is 2.02. The van der Waals surface area contributed by atoms with Crippen molar-refractivity contribution in [1.82, 2.24) is 10.4 Å². The van der Waals surface area contributed by atoms with Crippen molar-refractivity contribution in [2.24, 2.45) is 0 Å². The van der Waals surface area contributed by atoms with Gasteiger partial charge in [0.25, 0.3) is 11.5 Å². The van der Waals surface area contributed by atoms with E-state index in [0.29, 0.717) is 5.39 Å². The molecule has 0 atom stereocenters. The van der Waals surface area contributed by atoms with Crippen LogP contribution in [-0.2, 0) is 4.79 Å². The van der Waals surface area contributed by atoms with Gasteiger partial charge in [-0.1, -0.05) is 46.7 Å². The fraction of sp³-hybridized carbons (Fsp3) is 0.100. The molecule has 0 aliphatic rings. The molecule has 0 fully saturated rings. The van der Waals surface area contributed by atoms with Crippen molar-refractivity contribution in [3.63, 3.8) is 0 Å². The van der Waals surface area contributed by atoms with Gasteiger partial charge in [-0.2, -0.15) is 4.98 Å². The number of alkyl halides is 2. The number of rotatable bonds is 3. The van der Waals surface area contributed by atoms with Crippen LogP contribution in [0.4, 0.5) is 5.13 Å². The van der Waals surface area contributed by atoms with Crippen molar-refractivity contribution >= 4 is 55.7 Å². The van der Waals surface area contributed by atoms with Crippen LogP contribution in [0.5, 0.6) is 0 Å². The molecule has 0 saturated heterocycles. The van der Waals surface area contributed by atoms with Gasteiger partial charge in [0.2, 0.25) is 5.13 Å². The molecule has 5 nitrogen and oxygen atoms in total. The van der Waals surface area contributed by atoms with E-state index < -0.39 is 10.7 Å². The van der Waals surface area contributed by atoms with Crippen molar-refractivity contribution in [2.45, 2.75) is 4.84 Å². The summed E-state index contributed by atoms with van der Waals surface area (Å²) in [5.41, 5.74) is 4.38. The van der Waals surface area contributed by atoms with Gasteiger partial charge in [-0.3, -0.25) is 20.4 Å². The predicted octanol–water partition coefficient (Wildman–Crippen LogP) is 1.90. The third-order valence-corrected chi connectivity index (χ3v) is 3.38. The fourth-order valence-corrected chi connectivity index (χ4v) is 2.19. The summed E-state index contributed by atoms with van der Waals surface area (Å²) in [7, 11) is 0. The van der Waals surface area contributed by atoms with E-state index in [4.69, 9.17) is 23.2 Å². The first-order chi connectivity index (χ1) is 8.58. The fourth-order valence-electron chi connectivity index (χ4n) is 1.23. The Labute approximate surface area is 116 Å². The van der Waals surface area contributed by atoms with Gasteiger partial charge in [0.15, 0.2) is 4.84 Å². The molecule has 0 saturated carbocycles. The number of hydrazine groups is 1. The first kappa shape index (κ1) is 13.1. The zero-order valence-electron chi connectivity index (χ0n) is 8.81. The zero-order valence-corrected chi connectivity index (χ0v) is 11.1. The van der Waals surface area contributed by atoms with E-state index in [1.807, 2.05) is 6.07 Å². The van der Waals surface area contributed by atoms with E-state index in [-0.39, 0.29) is 10.7 Å². The number of fused-ring (bicyclic) bond motifs is 1. The van der Waals surface area contributed by atoms with Crippen LogP contribution in [0.1, 0.15) is 0 Å². The maximum absolute atomic E-state index is 11.7. The summed E-state index contributed by atoms with van der Waals surface area (Å²) in [4.78, 5) is 25.4. The highest BCUT2D eigenvalue weighted by molar-refractivity contribution is 7.21. The number of hydrogen-bond acceptors (Lipinski definition) is 5. The number of carbonyl (C=O) groups is 1. The molecule has 1 aromatic carbocycles. The van der Waals surface area contributed by atoms with Crippen molar-refractivity contribution in [1.29, 1.82) is 0 Å². The lowest BCUT2D eigenvalue weighted by Crippen LogP contribution is -2.34. The minimum absolute atomic E-state index is 0.265. The van der Waals surface area contributed by atoms with Gasteiger partial charge in [0, 0.05) is 4.70 Å². The van der Waals surface area contributed by atoms with Gasteiger partial charge in [-0.15, -0.1) is 0 Å². The van der Waals surface area contributed by atoms with Crippen LogP contribution in [0.15, 0.2) is 29.1 Å². The van der Waals surface area contributed by atoms with Gasteiger partial charge in [-0.25, -0.2) is 0 Å². The molecule has 1 aromatic heterocycles. The van der Waals surface area contributed by atoms with Gasteiger partial charge in [0.05, 0.1) is 5.39 Å². The third kappa shape index (κ3) is 2.90. The smallest absolute Gasteiger partial charge is 0.273 e. The molecule has 0 aliphatic carbocycles. The van der Waals surface area contributed by atoms with Crippen molar-refractivity contribution in [2.75, 3.05) is 5.43 Å². The Kier molecular flexibility index (Phi) is 4.00. The first-order valence-electron chi connectivity index (χ1n) is 4.82. The normalized spacial score (nSPS) is 10.6. The molecular formula is C10H7Cl2N3O2S. The van der Waals surface area contributed by atoms with Crippen LogP contribution in [0.2, 0.25) is 0 Å². The molecule has 0 radical (unpaired) electrons. The number of anilines is 1. The topological polar surface area (TPSA) is 71.1 Å². The lowest BCUT2D eigenvalue weighted by molar-refractivity contribution is -0.118. The lowest BCUT2D eigenvalue weighted by Gasteiger charge is -2.07. The lowest BCUT2D eigenvalue weighted by atomic mass is 10.3. The largest absolute Gasteiger partial charge is 0.281 e. The Hall–Kier alpha value is -1.37. The molecule has 1 heterocycles. The minimum Gasteiger partial charge on any atom is -0.273 e. The number of aromatic nitrogens is 1. The maximum Gasteiger partial charge on any atom is 0.281 e. The molecular weight excluding hydrogens is 297 g/mol. The van der Waals surface area contributed by atoms with Gasteiger partial charge in [-0.05, 0) is 12.1 Å². The van der Waals surface area contributed by atoms with Crippen molar-refractivity contribution in [3.8, 4) is 0 Å². The number of nitrogens with zero attached hydrogens (tertiary/aromatic N) is 1. The first-order valence-corrected chi connectivity index (χ1v) is 6.51. The van der Waals surface area contributed by atoms with E-state index in [2.05, 4.69) is 15.8 Å². The highest BCUT2D eigenvalue weighted by Crippen LogP contribution is 2.19.